The summed E-state index contributed by atoms with van der Waals surface area (Å²) in [6.45, 7) is 10.0. The highest BCUT2D eigenvalue weighted by Crippen LogP contribution is 2.38. The number of hydrogen-bond acceptors (Lipinski definition) is 9. The van der Waals surface area contributed by atoms with E-state index in [0.29, 0.717) is 52.4 Å². The van der Waals surface area contributed by atoms with Gasteiger partial charge in [-0.3, -0.25) is 14.6 Å². The van der Waals surface area contributed by atoms with Gasteiger partial charge in [0.1, 0.15) is 42.1 Å². The maximum atomic E-state index is 11.3. The predicted molar refractivity (Wildman–Crippen MR) is 201 cm³/mol. The number of nitrogens with two attached hydrogens (primary N) is 1. The molecule has 11 nitrogen and oxygen atoms in total. The molecular weight excluding hydrogens is 707 g/mol. The molecule has 0 saturated heterocycles. The first-order valence-corrected chi connectivity index (χ1v) is 17.3. The molecule has 0 amide bonds. The predicted octanol–water partition coefficient (Wildman–Crippen LogP) is 7.80. The summed E-state index contributed by atoms with van der Waals surface area (Å²) >= 11 is 13.4. The zero-order valence-corrected chi connectivity index (χ0v) is 31.3. The number of carboxylic acids is 2. The molecule has 0 aliphatic heterocycles. The van der Waals surface area contributed by atoms with Gasteiger partial charge in [-0.05, 0) is 68.6 Å². The van der Waals surface area contributed by atoms with Crippen molar-refractivity contribution < 1.29 is 34.0 Å². The summed E-state index contributed by atoms with van der Waals surface area (Å²) in [7, 11) is 0. The Balaban J connectivity index is 0.00000112. The molecule has 0 saturated carbocycles. The molecule has 3 aromatic carbocycles. The van der Waals surface area contributed by atoms with E-state index in [0.717, 1.165) is 33.4 Å². The Morgan fingerprint density at radius 2 is 1.62 bits per heavy atom. The average molecular weight is 752 g/mol. The Labute approximate surface area is 314 Å². The molecule has 4 rings (SSSR count). The first-order chi connectivity index (χ1) is 24.7. The molecule has 1 heterocycles. The molecule has 0 bridgehead atoms. The van der Waals surface area contributed by atoms with E-state index in [1.54, 1.807) is 52.1 Å². The van der Waals surface area contributed by atoms with Gasteiger partial charge in [-0.1, -0.05) is 67.4 Å². The highest BCUT2D eigenvalue weighted by molar-refractivity contribution is 6.35. The zero-order chi connectivity index (χ0) is 38.4. The van der Waals surface area contributed by atoms with Crippen LogP contribution in [0.1, 0.15) is 61.9 Å². The quantitative estimate of drug-likeness (QED) is 0.0822. The highest BCUT2D eigenvalue weighted by atomic mass is 35.5. The molecule has 0 radical (unpaired) electrons. The van der Waals surface area contributed by atoms with Crippen LogP contribution >= 0.6 is 23.2 Å². The molecule has 276 valence electrons. The molecule has 0 unspecified atom stereocenters. The number of nitriles is 1. The second-order valence-electron chi connectivity index (χ2n) is 12.6. The van der Waals surface area contributed by atoms with Crippen molar-refractivity contribution >= 4 is 35.1 Å². The molecule has 1 aromatic heterocycles. The van der Waals surface area contributed by atoms with Gasteiger partial charge in [0.05, 0.1) is 28.1 Å². The van der Waals surface area contributed by atoms with Crippen molar-refractivity contribution in [1.82, 2.24) is 10.3 Å². The molecule has 13 heteroatoms. The minimum Gasteiger partial charge on any atom is -0.492 e. The smallest absolute Gasteiger partial charge is 0.323 e. The number of benzene rings is 3. The van der Waals surface area contributed by atoms with Crippen molar-refractivity contribution in [3.63, 3.8) is 0 Å². The zero-order valence-electron chi connectivity index (χ0n) is 29.8. The minimum absolute atomic E-state index is 0.196. The second kappa shape index (κ2) is 19.7. The fraction of sp³-hybridized carbons (Fsp3) is 0.333. The Bertz CT molecular complexity index is 1890. The maximum absolute atomic E-state index is 11.3. The van der Waals surface area contributed by atoms with E-state index in [1.165, 1.54) is 6.20 Å². The van der Waals surface area contributed by atoms with Crippen LogP contribution in [-0.4, -0.2) is 45.8 Å². The van der Waals surface area contributed by atoms with Crippen LogP contribution in [0.5, 0.6) is 17.2 Å². The number of hydrogen-bond donors (Lipinski definition) is 4. The number of carboxylic acid groups (broad SMARTS) is 2. The molecule has 0 fully saturated rings. The lowest BCUT2D eigenvalue weighted by Gasteiger charge is -2.21. The summed E-state index contributed by atoms with van der Waals surface area (Å²) in [4.78, 5) is 25.1. The molecule has 5 N–H and O–H groups in total. The summed E-state index contributed by atoms with van der Waals surface area (Å²) < 4.78 is 18.2. The molecule has 4 aromatic rings. The molecule has 0 atom stereocenters. The molecular formula is C39H44Cl2N4O7. The van der Waals surface area contributed by atoms with Crippen molar-refractivity contribution in [2.45, 2.75) is 66.3 Å². The first-order valence-electron chi connectivity index (χ1n) is 16.5. The fourth-order valence-electron chi connectivity index (χ4n) is 4.62. The molecule has 0 aliphatic rings. The van der Waals surface area contributed by atoms with Crippen molar-refractivity contribution in [3.8, 4) is 34.4 Å². The van der Waals surface area contributed by atoms with Crippen LogP contribution in [0.2, 0.25) is 10.0 Å². The third kappa shape index (κ3) is 11.9. The fourth-order valence-corrected chi connectivity index (χ4v) is 5.14. The molecule has 52 heavy (non-hydrogen) atoms. The first kappa shape index (κ1) is 41.6. The highest BCUT2D eigenvalue weighted by Gasteiger charge is 2.25. The number of aliphatic carboxylic acids is 2. The lowest BCUT2D eigenvalue weighted by molar-refractivity contribution is -0.143. The number of aromatic nitrogens is 1. The summed E-state index contributed by atoms with van der Waals surface area (Å²) in [6.07, 6.45) is 3.74. The van der Waals surface area contributed by atoms with Crippen molar-refractivity contribution in [2.75, 3.05) is 13.2 Å². The Kier molecular flexibility index (Phi) is 15.7. The van der Waals surface area contributed by atoms with Gasteiger partial charge in [0.15, 0.2) is 0 Å². The van der Waals surface area contributed by atoms with Crippen LogP contribution in [0.25, 0.3) is 11.1 Å². The van der Waals surface area contributed by atoms with E-state index >= 15 is 0 Å². The van der Waals surface area contributed by atoms with Gasteiger partial charge >= 0.3 is 11.9 Å². The third-order valence-electron chi connectivity index (χ3n) is 7.91. The van der Waals surface area contributed by atoms with E-state index in [4.69, 9.17) is 53.5 Å². The largest absolute Gasteiger partial charge is 0.492 e. The second-order valence-corrected chi connectivity index (χ2v) is 13.4. The van der Waals surface area contributed by atoms with Gasteiger partial charge in [0.2, 0.25) is 0 Å². The number of pyridine rings is 1. The van der Waals surface area contributed by atoms with E-state index in [2.05, 4.69) is 16.4 Å². The van der Waals surface area contributed by atoms with Crippen LogP contribution in [0, 0.1) is 24.2 Å². The van der Waals surface area contributed by atoms with Crippen LogP contribution in [0.3, 0.4) is 0 Å². The molecule has 0 spiro atoms. The number of carbonyl (C=O) groups is 2. The summed E-state index contributed by atoms with van der Waals surface area (Å²) in [5.74, 6) is -0.365. The summed E-state index contributed by atoms with van der Waals surface area (Å²) in [6, 6.07) is 18.8. The molecule has 0 aliphatic carbocycles. The average Bonchev–Trinajstić information content (AvgIpc) is 3.11. The van der Waals surface area contributed by atoms with Crippen LogP contribution < -0.4 is 25.3 Å². The maximum Gasteiger partial charge on any atom is 0.323 e. The number of nitrogens with zero attached hydrogens (tertiary/aromatic N) is 2. The van der Waals surface area contributed by atoms with E-state index in [1.807, 2.05) is 43.3 Å². The number of rotatable bonds is 16. The topological polar surface area (TPSA) is 177 Å². The van der Waals surface area contributed by atoms with Gasteiger partial charge in [-0.2, -0.15) is 5.26 Å². The van der Waals surface area contributed by atoms with Crippen LogP contribution in [-0.2, 0) is 29.3 Å². The lowest BCUT2D eigenvalue weighted by atomic mass is 9.96. The van der Waals surface area contributed by atoms with Gasteiger partial charge in [-0.25, -0.2) is 0 Å². The monoisotopic (exact) mass is 750 g/mol. The SMILES string of the molecule is CC(C)C(=O)O.Cc1c(COc2cc(OCc3cncc(C#N)c3)c(CN)cc2Cl)cccc1-c1cccc(OCCCNC(C)(C)C(=O)O)c1Cl. The minimum atomic E-state index is -1.01. The van der Waals surface area contributed by atoms with Crippen molar-refractivity contribution in [2.24, 2.45) is 11.7 Å². The summed E-state index contributed by atoms with van der Waals surface area (Å²) in [5, 5.41) is 30.3. The van der Waals surface area contributed by atoms with Gasteiger partial charge < -0.3 is 35.5 Å². The van der Waals surface area contributed by atoms with Crippen LogP contribution in [0.15, 0.2) is 67.0 Å². The lowest BCUT2D eigenvalue weighted by Crippen LogP contribution is -2.47. The number of nitrogens with one attached hydrogen (secondary N) is 1. The van der Waals surface area contributed by atoms with Gasteiger partial charge in [0.25, 0.3) is 0 Å². The number of ether oxygens (including phenoxy) is 3. The Hall–Kier alpha value is -4.86. The Morgan fingerprint density at radius 3 is 2.27 bits per heavy atom. The van der Waals surface area contributed by atoms with E-state index < -0.39 is 17.5 Å². The summed E-state index contributed by atoms with van der Waals surface area (Å²) in [5.41, 5.74) is 10.5. The third-order valence-corrected chi connectivity index (χ3v) is 8.60. The number of halogens is 2. The van der Waals surface area contributed by atoms with Gasteiger partial charge in [-0.15, -0.1) is 0 Å². The van der Waals surface area contributed by atoms with Crippen molar-refractivity contribution in [1.29, 1.82) is 5.26 Å². The normalized spacial score (nSPS) is 10.9. The van der Waals surface area contributed by atoms with Crippen LogP contribution in [0.4, 0.5) is 0 Å². The Morgan fingerprint density at radius 1 is 0.942 bits per heavy atom. The van der Waals surface area contributed by atoms with Crippen molar-refractivity contribution in [3.05, 3.63) is 105 Å². The standard InChI is InChI=1S/C35H36Cl2N4O5.C4H8O2/c1-22-25(21-46-32-15-31(26(17-39)14-29(32)36)45-20-24-13-23(16-38)18-40-19-24)7-4-8-27(22)28-9-5-10-30(33(28)37)44-12-6-11-41-35(2,3)34(42)43;1-3(2)4(5)6/h4-5,7-10,13-15,18-19,41H,6,11-12,17,20-21,39H2,1-3H3,(H,42,43);3H,1-2H3,(H,5,6). The van der Waals surface area contributed by atoms with Gasteiger partial charge in [0, 0.05) is 41.7 Å². The van der Waals surface area contributed by atoms with E-state index in [-0.39, 0.29) is 25.7 Å². The van der Waals surface area contributed by atoms with E-state index in [9.17, 15) is 14.7 Å².